The van der Waals surface area contributed by atoms with Crippen LogP contribution in [0.2, 0.25) is 0 Å². The Morgan fingerprint density at radius 2 is 1.50 bits per heavy atom. The van der Waals surface area contributed by atoms with Crippen molar-refractivity contribution in [1.82, 2.24) is 0 Å². The molecule has 0 aliphatic rings. The summed E-state index contributed by atoms with van der Waals surface area (Å²) < 4.78 is 0. The highest BCUT2D eigenvalue weighted by molar-refractivity contribution is 5.50. The Balaban J connectivity index is 3.23. The summed E-state index contributed by atoms with van der Waals surface area (Å²) in [5, 5.41) is 10.1. The van der Waals surface area contributed by atoms with Crippen molar-refractivity contribution in [1.29, 1.82) is 0 Å². The minimum atomic E-state index is -0.242. The van der Waals surface area contributed by atoms with Gasteiger partial charge in [-0.15, -0.1) is 5.92 Å². The molecule has 0 aliphatic heterocycles. The number of hydrogen-bond acceptors (Lipinski definition) is 3. The average Bonchev–Trinajstić information content (AvgIpc) is 2.50. The Kier molecular flexibility index (Phi) is 16.1. The first-order chi connectivity index (χ1) is 10.8. The molecule has 0 amide bonds. The molecule has 22 heavy (non-hydrogen) atoms. The first-order valence-corrected chi connectivity index (χ1v) is 8.35. The standard InChI is InChI=1S/C18H28NO3/c20-18-16-14-12-10-8-6-4-2-1-3-5-7-9-11-13-15-17-19(21)22/h6,8H,3-5,7,9-17H2. The zero-order valence-corrected chi connectivity index (χ0v) is 13.5. The molecular formula is C18H28NO3. The number of nitro groups is 1. The molecule has 0 aliphatic carbocycles. The second-order valence-electron chi connectivity index (χ2n) is 5.35. The topological polar surface area (TPSA) is 60.2 Å². The number of nitrogens with zero attached hydrogens (tertiary/aromatic N) is 1. The molecule has 0 aromatic carbocycles. The molecule has 4 nitrogen and oxygen atoms in total. The van der Waals surface area contributed by atoms with Gasteiger partial charge in [0.2, 0.25) is 6.54 Å². The van der Waals surface area contributed by atoms with E-state index in [9.17, 15) is 14.9 Å². The van der Waals surface area contributed by atoms with E-state index in [1.54, 1.807) is 0 Å². The molecule has 0 aromatic heterocycles. The average molecular weight is 306 g/mol. The van der Waals surface area contributed by atoms with Gasteiger partial charge in [0.25, 0.3) is 0 Å². The third kappa shape index (κ3) is 18.4. The molecule has 0 rings (SSSR count). The predicted molar refractivity (Wildman–Crippen MR) is 89.9 cm³/mol. The maximum absolute atomic E-state index is 10.1. The van der Waals surface area contributed by atoms with Crippen LogP contribution in [0.5, 0.6) is 0 Å². The lowest BCUT2D eigenvalue weighted by Crippen LogP contribution is -1.99. The Hall–Kier alpha value is -1.63. The lowest BCUT2D eigenvalue weighted by atomic mass is 10.1. The lowest BCUT2D eigenvalue weighted by molar-refractivity contribution is -0.480. The molecule has 0 aromatic rings. The maximum Gasteiger partial charge on any atom is 0.203 e. The van der Waals surface area contributed by atoms with Gasteiger partial charge in [0.05, 0.1) is 0 Å². The van der Waals surface area contributed by atoms with Crippen LogP contribution in [0, 0.1) is 22.0 Å². The smallest absolute Gasteiger partial charge is 0.203 e. The van der Waals surface area contributed by atoms with E-state index >= 15 is 0 Å². The molecule has 0 atom stereocenters. The van der Waals surface area contributed by atoms with Gasteiger partial charge in [-0.25, -0.2) is 0 Å². The van der Waals surface area contributed by atoms with Gasteiger partial charge in [-0.3, -0.25) is 14.9 Å². The van der Waals surface area contributed by atoms with Crippen LogP contribution in [0.3, 0.4) is 0 Å². The summed E-state index contributed by atoms with van der Waals surface area (Å²) >= 11 is 0. The van der Waals surface area contributed by atoms with E-state index in [2.05, 4.69) is 24.0 Å². The molecule has 0 fully saturated rings. The van der Waals surface area contributed by atoms with E-state index in [0.29, 0.717) is 12.8 Å². The fourth-order valence-corrected chi connectivity index (χ4v) is 2.04. The SMILES string of the molecule is O=[C]CCCCC=CCC#CCCCCCCCC[N+](=O)[O-]. The molecule has 0 N–H and O–H groups in total. The van der Waals surface area contributed by atoms with Gasteiger partial charge in [-0.05, 0) is 32.1 Å². The molecule has 0 heterocycles. The zero-order chi connectivity index (χ0) is 16.3. The van der Waals surface area contributed by atoms with E-state index < -0.39 is 0 Å². The zero-order valence-electron chi connectivity index (χ0n) is 13.5. The fourth-order valence-electron chi connectivity index (χ4n) is 2.04. The third-order valence-corrected chi connectivity index (χ3v) is 3.30. The van der Waals surface area contributed by atoms with E-state index in [-0.39, 0.29) is 11.5 Å². The summed E-state index contributed by atoms with van der Waals surface area (Å²) in [5.41, 5.74) is 0. The largest absolute Gasteiger partial charge is 0.291 e. The lowest BCUT2D eigenvalue weighted by Gasteiger charge is -1.97. The van der Waals surface area contributed by atoms with Crippen molar-refractivity contribution >= 4 is 6.29 Å². The maximum atomic E-state index is 10.1. The molecule has 1 radical (unpaired) electrons. The molecule has 0 saturated heterocycles. The van der Waals surface area contributed by atoms with Crippen LogP contribution in [-0.2, 0) is 4.79 Å². The quantitative estimate of drug-likeness (QED) is 0.155. The van der Waals surface area contributed by atoms with Crippen LogP contribution in [0.15, 0.2) is 12.2 Å². The van der Waals surface area contributed by atoms with Crippen LogP contribution < -0.4 is 0 Å². The Morgan fingerprint density at radius 1 is 0.818 bits per heavy atom. The van der Waals surface area contributed by atoms with Crippen LogP contribution in [-0.4, -0.2) is 17.8 Å². The van der Waals surface area contributed by atoms with Crippen molar-refractivity contribution in [2.45, 2.75) is 77.0 Å². The second kappa shape index (κ2) is 17.4. The summed E-state index contributed by atoms with van der Waals surface area (Å²) in [6, 6.07) is 0. The van der Waals surface area contributed by atoms with E-state index in [0.717, 1.165) is 64.2 Å². The van der Waals surface area contributed by atoms with Crippen molar-refractivity contribution < 1.29 is 9.72 Å². The summed E-state index contributed by atoms with van der Waals surface area (Å²) in [4.78, 5) is 19.9. The number of allylic oxidation sites excluding steroid dienone is 2. The molecule has 0 saturated carbocycles. The summed E-state index contributed by atoms with van der Waals surface area (Å²) in [6.45, 7) is 0.106. The molecule has 0 spiro atoms. The summed E-state index contributed by atoms with van der Waals surface area (Å²) in [6.07, 6.45) is 17.6. The van der Waals surface area contributed by atoms with Crippen LogP contribution in [0.1, 0.15) is 77.0 Å². The number of unbranched alkanes of at least 4 members (excludes halogenated alkanes) is 9. The van der Waals surface area contributed by atoms with E-state index in [4.69, 9.17) is 0 Å². The van der Waals surface area contributed by atoms with Crippen molar-refractivity contribution in [3.05, 3.63) is 22.3 Å². The van der Waals surface area contributed by atoms with Gasteiger partial charge in [-0.2, -0.15) is 0 Å². The molecule has 123 valence electrons. The number of hydrogen-bond donors (Lipinski definition) is 0. The van der Waals surface area contributed by atoms with Gasteiger partial charge in [0.1, 0.15) is 0 Å². The number of rotatable bonds is 14. The highest BCUT2D eigenvalue weighted by atomic mass is 16.6. The van der Waals surface area contributed by atoms with Gasteiger partial charge in [0.15, 0.2) is 6.29 Å². The minimum absolute atomic E-state index is 0.106. The van der Waals surface area contributed by atoms with Crippen molar-refractivity contribution in [3.8, 4) is 11.8 Å². The van der Waals surface area contributed by atoms with Crippen LogP contribution >= 0.6 is 0 Å². The Bertz CT molecular complexity index is 366. The molecule has 0 unspecified atom stereocenters. The van der Waals surface area contributed by atoms with Crippen LogP contribution in [0.4, 0.5) is 0 Å². The highest BCUT2D eigenvalue weighted by Gasteiger charge is 1.96. The normalized spacial score (nSPS) is 10.4. The van der Waals surface area contributed by atoms with E-state index in [1.807, 2.05) is 6.29 Å². The third-order valence-electron chi connectivity index (χ3n) is 3.30. The monoisotopic (exact) mass is 306 g/mol. The van der Waals surface area contributed by atoms with E-state index in [1.165, 1.54) is 0 Å². The Labute approximate surface area is 134 Å². The van der Waals surface area contributed by atoms with Gasteiger partial charge < -0.3 is 0 Å². The molecule has 4 heteroatoms. The number of carbonyl (C=O) groups excluding carboxylic acids is 1. The molecular weight excluding hydrogens is 278 g/mol. The first-order valence-electron chi connectivity index (χ1n) is 8.35. The second-order valence-corrected chi connectivity index (χ2v) is 5.35. The van der Waals surface area contributed by atoms with Crippen molar-refractivity contribution in [2.75, 3.05) is 6.54 Å². The van der Waals surface area contributed by atoms with Crippen molar-refractivity contribution in [2.24, 2.45) is 0 Å². The van der Waals surface area contributed by atoms with Gasteiger partial charge in [-0.1, -0.05) is 37.3 Å². The predicted octanol–water partition coefficient (Wildman–Crippen LogP) is 4.61. The van der Waals surface area contributed by atoms with Gasteiger partial charge in [0, 0.05) is 30.6 Å². The summed E-state index contributed by atoms with van der Waals surface area (Å²) in [7, 11) is 0. The summed E-state index contributed by atoms with van der Waals surface area (Å²) in [5.74, 6) is 6.31. The fraction of sp³-hybridized carbons (Fsp3) is 0.722. The van der Waals surface area contributed by atoms with Gasteiger partial charge >= 0.3 is 0 Å². The van der Waals surface area contributed by atoms with Crippen molar-refractivity contribution in [3.63, 3.8) is 0 Å². The molecule has 0 bridgehead atoms. The Morgan fingerprint density at radius 3 is 2.23 bits per heavy atom. The highest BCUT2D eigenvalue weighted by Crippen LogP contribution is 2.06. The first kappa shape index (κ1) is 20.4. The minimum Gasteiger partial charge on any atom is -0.291 e. The van der Waals surface area contributed by atoms with Crippen LogP contribution in [0.25, 0.3) is 0 Å².